The highest BCUT2D eigenvalue weighted by molar-refractivity contribution is 6.34. The molecule has 6 rings (SSSR count). The lowest BCUT2D eigenvalue weighted by Crippen LogP contribution is -2.55. The first kappa shape index (κ1) is 30.1. The third kappa shape index (κ3) is 5.10. The van der Waals surface area contributed by atoms with Gasteiger partial charge in [-0.2, -0.15) is 0 Å². The third-order valence-corrected chi connectivity index (χ3v) is 9.15. The molecule has 4 aliphatic rings. The molecule has 10 nitrogen and oxygen atoms in total. The molecule has 230 valence electrons. The third-order valence-electron chi connectivity index (χ3n) is 8.83. The van der Waals surface area contributed by atoms with Gasteiger partial charge < -0.3 is 29.7 Å². The van der Waals surface area contributed by atoms with Crippen molar-refractivity contribution >= 4 is 41.0 Å². The van der Waals surface area contributed by atoms with E-state index in [1.54, 1.807) is 55.5 Å². The number of carbonyl (C=O) groups excluding carboxylic acids is 4. The molecule has 0 aromatic heterocycles. The van der Waals surface area contributed by atoms with E-state index in [1.165, 1.54) is 9.80 Å². The molecule has 2 aromatic carbocycles. The second kappa shape index (κ2) is 12.2. The van der Waals surface area contributed by atoms with E-state index in [1.807, 2.05) is 30.3 Å². The van der Waals surface area contributed by atoms with Gasteiger partial charge in [-0.15, -0.1) is 0 Å². The molecule has 7 atom stereocenters. The molecule has 4 aliphatic heterocycles. The van der Waals surface area contributed by atoms with E-state index < -0.39 is 59.5 Å². The molecular weight excluding hydrogens is 586 g/mol. The van der Waals surface area contributed by atoms with Crippen LogP contribution in [0.4, 0.5) is 5.69 Å². The van der Waals surface area contributed by atoms with Crippen LogP contribution in [0.5, 0.6) is 0 Å². The predicted molar refractivity (Wildman–Crippen MR) is 161 cm³/mol. The summed E-state index contributed by atoms with van der Waals surface area (Å²) in [6.07, 6.45) is 5.75. The fourth-order valence-electron chi connectivity index (χ4n) is 6.94. The van der Waals surface area contributed by atoms with E-state index in [4.69, 9.17) is 21.1 Å². The number of aliphatic hydroxyl groups is 1. The zero-order chi connectivity index (χ0) is 31.0. The van der Waals surface area contributed by atoms with E-state index in [9.17, 15) is 24.3 Å². The summed E-state index contributed by atoms with van der Waals surface area (Å²) in [7, 11) is 0. The van der Waals surface area contributed by atoms with E-state index >= 15 is 0 Å². The zero-order valence-electron chi connectivity index (χ0n) is 24.2. The highest BCUT2D eigenvalue weighted by Gasteiger charge is 2.71. The Labute approximate surface area is 260 Å². The lowest BCUT2D eigenvalue weighted by atomic mass is 9.77. The number of fused-ring (bicyclic) bond motifs is 2. The van der Waals surface area contributed by atoms with Crippen molar-refractivity contribution in [1.29, 1.82) is 0 Å². The maximum Gasteiger partial charge on any atom is 0.313 e. The number of amides is 3. The number of ether oxygens (including phenoxy) is 2. The second-order valence-electron chi connectivity index (χ2n) is 11.5. The summed E-state index contributed by atoms with van der Waals surface area (Å²) in [5.41, 5.74) is -0.356. The Kier molecular flexibility index (Phi) is 8.32. The number of nitrogens with zero attached hydrogens (tertiary/aromatic N) is 2. The second-order valence-corrected chi connectivity index (χ2v) is 11.9. The number of allylic oxidation sites excluding steroid dienone is 1. The number of carbonyl (C=O) groups is 4. The number of rotatable bonds is 4. The monoisotopic (exact) mass is 619 g/mol. The van der Waals surface area contributed by atoms with Gasteiger partial charge in [-0.3, -0.25) is 19.2 Å². The van der Waals surface area contributed by atoms with Crippen LogP contribution < -0.4 is 10.2 Å². The van der Waals surface area contributed by atoms with Crippen molar-refractivity contribution in [2.75, 3.05) is 24.6 Å². The number of cyclic esters (lactones) is 1. The van der Waals surface area contributed by atoms with Crippen molar-refractivity contribution in [3.8, 4) is 0 Å². The molecular formula is C33H34ClN3O7. The number of esters is 1. The van der Waals surface area contributed by atoms with Gasteiger partial charge in [-0.05, 0) is 31.0 Å². The molecule has 0 radical (unpaired) electrons. The summed E-state index contributed by atoms with van der Waals surface area (Å²) in [6, 6.07) is 14.3. The van der Waals surface area contributed by atoms with E-state index in [0.29, 0.717) is 22.7 Å². The lowest BCUT2D eigenvalue weighted by Gasteiger charge is -2.35. The minimum absolute atomic E-state index is 0.126. The fourth-order valence-corrected chi connectivity index (χ4v) is 7.18. The maximum atomic E-state index is 14.4. The molecule has 2 saturated heterocycles. The van der Waals surface area contributed by atoms with Gasteiger partial charge in [0.05, 0.1) is 35.4 Å². The van der Waals surface area contributed by atoms with Gasteiger partial charge in [0.15, 0.2) is 0 Å². The number of aliphatic hydroxyl groups excluding tert-OH is 1. The van der Waals surface area contributed by atoms with Gasteiger partial charge in [-0.25, -0.2) is 0 Å². The molecule has 3 amide bonds. The van der Waals surface area contributed by atoms with Gasteiger partial charge in [0.25, 0.3) is 5.91 Å². The van der Waals surface area contributed by atoms with Crippen LogP contribution in [0.1, 0.15) is 31.4 Å². The number of para-hydroxylation sites is 1. The minimum Gasteiger partial charge on any atom is -0.455 e. The summed E-state index contributed by atoms with van der Waals surface area (Å²) in [5, 5.41) is 13.2. The molecule has 0 aliphatic carbocycles. The molecule has 2 N–H and O–H groups in total. The van der Waals surface area contributed by atoms with Crippen molar-refractivity contribution in [3.05, 3.63) is 89.5 Å². The Morgan fingerprint density at radius 3 is 2.52 bits per heavy atom. The standard InChI is InChI=1S/C33H34ClN3O7/c1-20-28(21-10-3-2-4-11-21)43-32(42)26-24(14-7-8-15-25(39)35-20)44-33-16-9-17-36(23-13-6-5-12-22(23)34)31(41)29(33)37(18-19-38)30(40)27(26)33/h2-7,9-14,16,20,24,26-29,38H,8,15,17-19H2,1H3,(H,35,39)/b14-7-/t20-,24-,26+,27+,28+,29-,33+/m0/s1. The number of hydrogen-bond donors (Lipinski definition) is 2. The van der Waals surface area contributed by atoms with Gasteiger partial charge in [0.1, 0.15) is 23.7 Å². The average molecular weight is 620 g/mol. The van der Waals surface area contributed by atoms with Crippen LogP contribution in [0.3, 0.4) is 0 Å². The molecule has 2 aromatic rings. The highest BCUT2D eigenvalue weighted by atomic mass is 35.5. The van der Waals surface area contributed by atoms with E-state index in [-0.39, 0.29) is 32.0 Å². The normalized spacial score (nSPS) is 32.9. The van der Waals surface area contributed by atoms with Crippen LogP contribution in [-0.4, -0.2) is 77.2 Å². The maximum absolute atomic E-state index is 14.4. The Morgan fingerprint density at radius 2 is 1.77 bits per heavy atom. The van der Waals surface area contributed by atoms with Gasteiger partial charge in [-0.1, -0.05) is 78.4 Å². The molecule has 1 spiro atoms. The van der Waals surface area contributed by atoms with Crippen molar-refractivity contribution in [3.63, 3.8) is 0 Å². The molecule has 2 fully saturated rings. The molecule has 4 heterocycles. The molecule has 0 unspecified atom stereocenters. The molecule has 44 heavy (non-hydrogen) atoms. The summed E-state index contributed by atoms with van der Waals surface area (Å²) in [4.78, 5) is 58.4. The lowest BCUT2D eigenvalue weighted by molar-refractivity contribution is -0.161. The molecule has 11 heteroatoms. The average Bonchev–Trinajstić information content (AvgIpc) is 3.39. The molecule has 0 saturated carbocycles. The quantitative estimate of drug-likeness (QED) is 0.398. The highest BCUT2D eigenvalue weighted by Crippen LogP contribution is 2.53. The van der Waals surface area contributed by atoms with Crippen LogP contribution in [0.15, 0.2) is 78.9 Å². The van der Waals surface area contributed by atoms with Gasteiger partial charge in [0, 0.05) is 19.5 Å². The van der Waals surface area contributed by atoms with Crippen LogP contribution in [0.25, 0.3) is 0 Å². The summed E-state index contributed by atoms with van der Waals surface area (Å²) >= 11 is 6.48. The van der Waals surface area contributed by atoms with Crippen molar-refractivity contribution in [2.24, 2.45) is 11.8 Å². The van der Waals surface area contributed by atoms with Crippen LogP contribution in [0.2, 0.25) is 5.02 Å². The largest absolute Gasteiger partial charge is 0.455 e. The number of benzene rings is 2. The number of nitrogens with one attached hydrogen (secondary N) is 1. The Bertz CT molecular complexity index is 1510. The van der Waals surface area contributed by atoms with E-state index in [0.717, 1.165) is 0 Å². The van der Waals surface area contributed by atoms with Crippen molar-refractivity contribution in [1.82, 2.24) is 10.2 Å². The van der Waals surface area contributed by atoms with Gasteiger partial charge in [0.2, 0.25) is 11.8 Å². The first-order valence-corrected chi connectivity index (χ1v) is 15.2. The van der Waals surface area contributed by atoms with E-state index in [2.05, 4.69) is 5.32 Å². The fraction of sp³-hybridized carbons (Fsp3) is 0.394. The smallest absolute Gasteiger partial charge is 0.313 e. The topological polar surface area (TPSA) is 125 Å². The Hall–Kier alpha value is -3.99. The summed E-state index contributed by atoms with van der Waals surface area (Å²) < 4.78 is 12.8. The zero-order valence-corrected chi connectivity index (χ0v) is 24.9. The molecule has 0 bridgehead atoms. The SMILES string of the molecule is C[C@@H]1NC(=O)CC/C=C\[C@@H]2O[C@@]34C=CCN(c5ccccc5Cl)C(=O)[C@@H]3N(CCO)C(=O)[C@H]4[C@@H]2C(=O)O[C@H]1c1ccccc1. The number of hydrogen-bond acceptors (Lipinski definition) is 7. The minimum atomic E-state index is -1.51. The van der Waals surface area contributed by atoms with Crippen LogP contribution in [-0.2, 0) is 28.7 Å². The van der Waals surface area contributed by atoms with Crippen molar-refractivity contribution < 1.29 is 33.8 Å². The Balaban J connectivity index is 1.44. The number of likely N-dealkylation sites (tertiary alicyclic amines) is 1. The van der Waals surface area contributed by atoms with Crippen LogP contribution >= 0.6 is 11.6 Å². The number of halogens is 1. The first-order valence-electron chi connectivity index (χ1n) is 14.8. The predicted octanol–water partition coefficient (Wildman–Crippen LogP) is 2.96. The summed E-state index contributed by atoms with van der Waals surface area (Å²) in [6.45, 7) is 1.41. The number of anilines is 1. The first-order chi connectivity index (χ1) is 21.3. The number of β-amino-alcohol motifs (C(OH)–C–C–N with tert-alkyl or cyclic N) is 1. The van der Waals surface area contributed by atoms with Crippen LogP contribution in [0, 0.1) is 11.8 Å². The van der Waals surface area contributed by atoms with Gasteiger partial charge >= 0.3 is 5.97 Å². The van der Waals surface area contributed by atoms with Crippen molar-refractivity contribution in [2.45, 2.75) is 49.7 Å². The summed E-state index contributed by atoms with van der Waals surface area (Å²) in [5.74, 6) is -3.98. The Morgan fingerprint density at radius 1 is 1.02 bits per heavy atom.